The highest BCUT2D eigenvalue weighted by atomic mass is 16.5. The van der Waals surface area contributed by atoms with Crippen LogP contribution in [0.5, 0.6) is 5.75 Å². The largest absolute Gasteiger partial charge is 0.496 e. The smallest absolute Gasteiger partial charge is 0.326 e. The highest BCUT2D eigenvalue weighted by Gasteiger charge is 2.23. The predicted molar refractivity (Wildman–Crippen MR) is 51.8 cm³/mol. The molecule has 1 aromatic rings. The Morgan fingerprint density at radius 1 is 1.57 bits per heavy atom. The van der Waals surface area contributed by atoms with Crippen LogP contribution in [0.3, 0.4) is 0 Å². The lowest BCUT2D eigenvalue weighted by Crippen LogP contribution is -2.16. The number of hydrogen-bond donors (Lipinski definition) is 2. The van der Waals surface area contributed by atoms with Crippen molar-refractivity contribution in [2.75, 3.05) is 7.11 Å². The second kappa shape index (κ2) is 3.34. The molecule has 14 heavy (non-hydrogen) atoms. The summed E-state index contributed by atoms with van der Waals surface area (Å²) in [5.41, 5.74) is 2.06. The average molecular weight is 190 g/mol. The van der Waals surface area contributed by atoms with Crippen LogP contribution < -0.4 is 15.5 Å². The predicted octanol–water partition coefficient (Wildman–Crippen LogP) is -0.825. The average Bonchev–Trinajstić information content (AvgIpc) is 2.59. The van der Waals surface area contributed by atoms with Gasteiger partial charge in [-0.05, 0) is 17.1 Å². The van der Waals surface area contributed by atoms with Crippen molar-refractivity contribution in [2.45, 2.75) is 6.54 Å². The van der Waals surface area contributed by atoms with E-state index in [1.165, 1.54) is 7.11 Å². The van der Waals surface area contributed by atoms with Gasteiger partial charge in [0.15, 0.2) is 0 Å². The highest BCUT2D eigenvalue weighted by Crippen LogP contribution is 2.24. The van der Waals surface area contributed by atoms with Crippen LogP contribution in [0, 0.1) is 0 Å². The molecule has 1 amide bonds. The van der Waals surface area contributed by atoms with Crippen LogP contribution in [-0.4, -0.2) is 25.5 Å². The summed E-state index contributed by atoms with van der Waals surface area (Å²) in [6, 6.07) is 3.39. The topological polar surface area (TPSA) is 58.6 Å². The SMILES string of the molecule is COc1cc([B]O)cc2c1C(=O)NC2. The van der Waals surface area contributed by atoms with Crippen molar-refractivity contribution in [3.05, 3.63) is 23.3 Å². The lowest BCUT2D eigenvalue weighted by atomic mass is 9.86. The second-order valence-corrected chi connectivity index (χ2v) is 3.07. The molecule has 0 fully saturated rings. The molecule has 0 bridgehead atoms. The standard InChI is InChI=1S/C9H9BNO3/c1-14-7-3-6(10-13)2-5-4-11-9(12)8(5)7/h2-3,13H,4H2,1H3,(H,11,12). The zero-order chi connectivity index (χ0) is 10.1. The van der Waals surface area contributed by atoms with Crippen LogP contribution in [-0.2, 0) is 6.54 Å². The fraction of sp³-hybridized carbons (Fsp3) is 0.222. The zero-order valence-electron chi connectivity index (χ0n) is 7.70. The number of amides is 1. The molecule has 1 aliphatic heterocycles. The van der Waals surface area contributed by atoms with Crippen molar-refractivity contribution >= 4 is 18.9 Å². The van der Waals surface area contributed by atoms with E-state index in [2.05, 4.69) is 5.32 Å². The molecule has 4 nitrogen and oxygen atoms in total. The Hall–Kier alpha value is -1.49. The first-order valence-corrected chi connectivity index (χ1v) is 4.23. The van der Waals surface area contributed by atoms with Crippen molar-refractivity contribution in [2.24, 2.45) is 0 Å². The summed E-state index contributed by atoms with van der Waals surface area (Å²) in [7, 11) is 2.49. The molecule has 5 heteroatoms. The minimum atomic E-state index is -0.124. The van der Waals surface area contributed by atoms with E-state index in [-0.39, 0.29) is 5.91 Å². The summed E-state index contributed by atoms with van der Waals surface area (Å²) in [5, 5.41) is 11.6. The Morgan fingerprint density at radius 2 is 2.36 bits per heavy atom. The van der Waals surface area contributed by atoms with E-state index in [0.717, 1.165) is 13.0 Å². The molecule has 0 saturated heterocycles. The number of fused-ring (bicyclic) bond motifs is 1. The third-order valence-corrected chi connectivity index (χ3v) is 2.24. The maximum absolute atomic E-state index is 11.4. The Labute approximate surface area is 82.2 Å². The van der Waals surface area contributed by atoms with Crippen molar-refractivity contribution in [1.29, 1.82) is 0 Å². The van der Waals surface area contributed by atoms with Crippen molar-refractivity contribution in [3.8, 4) is 5.75 Å². The number of rotatable bonds is 2. The van der Waals surface area contributed by atoms with E-state index >= 15 is 0 Å². The molecule has 0 unspecified atom stereocenters. The molecule has 0 aliphatic carbocycles. The summed E-state index contributed by atoms with van der Waals surface area (Å²) < 4.78 is 5.08. The van der Waals surface area contributed by atoms with Gasteiger partial charge in [0.2, 0.25) is 0 Å². The van der Waals surface area contributed by atoms with Gasteiger partial charge in [-0.2, -0.15) is 0 Å². The number of ether oxygens (including phenoxy) is 1. The first kappa shape index (κ1) is 9.08. The maximum atomic E-state index is 11.4. The van der Waals surface area contributed by atoms with Crippen LogP contribution in [0.4, 0.5) is 0 Å². The molecular formula is C9H9BNO3. The molecule has 1 aliphatic rings. The van der Waals surface area contributed by atoms with Gasteiger partial charge in [-0.1, -0.05) is 6.07 Å². The van der Waals surface area contributed by atoms with Gasteiger partial charge in [0.05, 0.1) is 12.7 Å². The molecule has 2 N–H and O–H groups in total. The number of carbonyl (C=O) groups is 1. The number of benzene rings is 1. The maximum Gasteiger partial charge on any atom is 0.326 e. The summed E-state index contributed by atoms with van der Waals surface area (Å²) in [6.07, 6.45) is 0. The van der Waals surface area contributed by atoms with Gasteiger partial charge < -0.3 is 15.1 Å². The quantitative estimate of drug-likeness (QED) is 0.598. The zero-order valence-corrected chi connectivity index (χ0v) is 7.70. The molecule has 1 heterocycles. The molecular weight excluding hydrogens is 181 g/mol. The van der Waals surface area contributed by atoms with Crippen LogP contribution in [0.2, 0.25) is 0 Å². The molecule has 0 atom stereocenters. The van der Waals surface area contributed by atoms with Crippen molar-refractivity contribution in [3.63, 3.8) is 0 Å². The molecule has 71 valence electrons. The van der Waals surface area contributed by atoms with E-state index in [1.807, 2.05) is 0 Å². The Morgan fingerprint density at radius 3 is 3.00 bits per heavy atom. The molecule has 1 aromatic carbocycles. The van der Waals surface area contributed by atoms with Gasteiger partial charge in [0.1, 0.15) is 5.75 Å². The highest BCUT2D eigenvalue weighted by molar-refractivity contribution is 6.45. The fourth-order valence-corrected chi connectivity index (χ4v) is 1.59. The minimum absolute atomic E-state index is 0.124. The number of hydrogen-bond acceptors (Lipinski definition) is 3. The van der Waals surface area contributed by atoms with Crippen LogP contribution in [0.25, 0.3) is 0 Å². The van der Waals surface area contributed by atoms with Crippen LogP contribution >= 0.6 is 0 Å². The van der Waals surface area contributed by atoms with E-state index in [1.54, 1.807) is 12.1 Å². The van der Waals surface area contributed by atoms with Gasteiger partial charge in [0.25, 0.3) is 5.91 Å². The third-order valence-electron chi connectivity index (χ3n) is 2.24. The number of nitrogens with one attached hydrogen (secondary N) is 1. The molecule has 2 rings (SSSR count). The van der Waals surface area contributed by atoms with E-state index < -0.39 is 0 Å². The summed E-state index contributed by atoms with van der Waals surface area (Å²) in [4.78, 5) is 11.4. The van der Waals surface area contributed by atoms with E-state index in [4.69, 9.17) is 9.76 Å². The van der Waals surface area contributed by atoms with Gasteiger partial charge in [-0.3, -0.25) is 4.79 Å². The minimum Gasteiger partial charge on any atom is -0.496 e. The number of methoxy groups -OCH3 is 1. The second-order valence-electron chi connectivity index (χ2n) is 3.07. The van der Waals surface area contributed by atoms with E-state index in [9.17, 15) is 4.79 Å². The summed E-state index contributed by atoms with van der Waals surface area (Å²) in [5.74, 6) is 0.374. The lowest BCUT2D eigenvalue weighted by molar-refractivity contribution is 0.0963. The van der Waals surface area contributed by atoms with Gasteiger partial charge in [-0.15, -0.1) is 0 Å². The van der Waals surface area contributed by atoms with Gasteiger partial charge >= 0.3 is 7.48 Å². The molecule has 0 aromatic heterocycles. The van der Waals surface area contributed by atoms with Gasteiger partial charge in [-0.25, -0.2) is 0 Å². The summed E-state index contributed by atoms with van der Waals surface area (Å²) in [6.45, 7) is 0.492. The normalized spacial score (nSPS) is 13.4. The van der Waals surface area contributed by atoms with E-state index in [0.29, 0.717) is 23.3 Å². The Balaban J connectivity index is 2.58. The van der Waals surface area contributed by atoms with Crippen LogP contribution in [0.1, 0.15) is 15.9 Å². The van der Waals surface area contributed by atoms with Crippen molar-refractivity contribution in [1.82, 2.24) is 5.32 Å². The monoisotopic (exact) mass is 190 g/mol. The first-order chi connectivity index (χ1) is 6.76. The Kier molecular flexibility index (Phi) is 2.17. The third kappa shape index (κ3) is 1.26. The first-order valence-electron chi connectivity index (χ1n) is 4.23. The fourth-order valence-electron chi connectivity index (χ4n) is 1.59. The molecule has 1 radical (unpaired) electrons. The summed E-state index contributed by atoms with van der Waals surface area (Å²) >= 11 is 0. The van der Waals surface area contributed by atoms with Crippen LogP contribution in [0.15, 0.2) is 12.1 Å². The van der Waals surface area contributed by atoms with Gasteiger partial charge in [0, 0.05) is 6.54 Å². The van der Waals surface area contributed by atoms with Crippen molar-refractivity contribution < 1.29 is 14.6 Å². The molecule has 0 spiro atoms. The lowest BCUT2D eigenvalue weighted by Gasteiger charge is -2.06. The molecule has 0 saturated carbocycles. The Bertz CT molecular complexity index is 392. The number of carbonyl (C=O) groups excluding carboxylic acids is 1.